The molecule has 4 rings (SSSR count). The van der Waals surface area contributed by atoms with Gasteiger partial charge in [0.15, 0.2) is 0 Å². The third-order valence-electron chi connectivity index (χ3n) is 5.59. The van der Waals surface area contributed by atoms with E-state index in [2.05, 4.69) is 9.82 Å². The van der Waals surface area contributed by atoms with Crippen molar-refractivity contribution in [3.05, 3.63) is 94.5 Å². The first-order chi connectivity index (χ1) is 15.7. The number of nitrogens with one attached hydrogen (secondary N) is 1. The molecular weight excluding hydrogens is 458 g/mol. The summed E-state index contributed by atoms with van der Waals surface area (Å²) in [5, 5.41) is 6.24. The second-order valence-electron chi connectivity index (χ2n) is 8.10. The maximum Gasteiger partial charge on any atom is 0.261 e. The number of sulfonamides is 1. The lowest BCUT2D eigenvalue weighted by atomic mass is 9.95. The Morgan fingerprint density at radius 2 is 1.70 bits per heavy atom. The predicted molar refractivity (Wildman–Crippen MR) is 131 cm³/mol. The molecule has 1 unspecified atom stereocenters. The Kier molecular flexibility index (Phi) is 6.54. The van der Waals surface area contributed by atoms with E-state index in [1.165, 1.54) is 5.01 Å². The number of halogens is 1. The van der Waals surface area contributed by atoms with E-state index in [1.807, 2.05) is 44.2 Å². The molecule has 8 heteroatoms. The van der Waals surface area contributed by atoms with E-state index in [1.54, 1.807) is 42.5 Å². The van der Waals surface area contributed by atoms with Crippen molar-refractivity contribution in [2.24, 2.45) is 11.0 Å². The van der Waals surface area contributed by atoms with Gasteiger partial charge in [-0.25, -0.2) is 13.4 Å². The molecule has 3 aromatic carbocycles. The van der Waals surface area contributed by atoms with Crippen molar-refractivity contribution in [1.82, 2.24) is 5.01 Å². The second-order valence-corrected chi connectivity index (χ2v) is 10.2. The molecule has 0 aliphatic carbocycles. The fraction of sp³-hybridized carbons (Fsp3) is 0.200. The summed E-state index contributed by atoms with van der Waals surface area (Å²) in [6.07, 6.45) is 0.568. The van der Waals surface area contributed by atoms with Crippen LogP contribution in [0.25, 0.3) is 0 Å². The van der Waals surface area contributed by atoms with E-state index in [0.29, 0.717) is 22.7 Å². The average Bonchev–Trinajstić information content (AvgIpc) is 3.04. The summed E-state index contributed by atoms with van der Waals surface area (Å²) in [6, 6.07) is 21.3. The van der Waals surface area contributed by atoms with Gasteiger partial charge in [0.1, 0.15) is 0 Å². The fourth-order valence-corrected chi connectivity index (χ4v) is 4.99. The SMILES string of the molecule is CC1=NN(Cc2ccc(Cl)cc2NS(=O)(=O)c2ccc(C)cc2)C(=O)C1Cc1ccccc1. The zero-order valence-electron chi connectivity index (χ0n) is 18.3. The molecular formula is C25H24ClN3O3S. The predicted octanol–water partition coefficient (Wildman–Crippen LogP) is 5.03. The molecule has 0 saturated carbocycles. The fourth-order valence-electron chi connectivity index (χ4n) is 3.73. The Morgan fingerprint density at radius 3 is 2.39 bits per heavy atom. The molecule has 0 saturated heterocycles. The molecule has 1 aliphatic heterocycles. The van der Waals surface area contributed by atoms with Crippen LogP contribution in [-0.4, -0.2) is 25.0 Å². The van der Waals surface area contributed by atoms with Crippen molar-refractivity contribution in [3.8, 4) is 0 Å². The summed E-state index contributed by atoms with van der Waals surface area (Å²) in [5.74, 6) is -0.453. The second kappa shape index (κ2) is 9.37. The van der Waals surface area contributed by atoms with Crippen LogP contribution in [0, 0.1) is 12.8 Å². The molecule has 6 nitrogen and oxygen atoms in total. The smallest absolute Gasteiger partial charge is 0.261 e. The third kappa shape index (κ3) is 5.26. The summed E-state index contributed by atoms with van der Waals surface area (Å²) < 4.78 is 28.5. The molecule has 1 amide bonds. The molecule has 1 heterocycles. The highest BCUT2D eigenvalue weighted by Crippen LogP contribution is 2.28. The summed E-state index contributed by atoms with van der Waals surface area (Å²) in [4.78, 5) is 13.2. The first-order valence-electron chi connectivity index (χ1n) is 10.5. The minimum absolute atomic E-state index is 0.112. The van der Waals surface area contributed by atoms with E-state index in [9.17, 15) is 13.2 Å². The van der Waals surface area contributed by atoms with Crippen molar-refractivity contribution in [2.75, 3.05) is 4.72 Å². The third-order valence-corrected chi connectivity index (χ3v) is 7.20. The number of amides is 1. The number of rotatable bonds is 7. The van der Waals surface area contributed by atoms with Crippen molar-refractivity contribution < 1.29 is 13.2 Å². The van der Waals surface area contributed by atoms with Gasteiger partial charge in [-0.2, -0.15) is 5.10 Å². The van der Waals surface area contributed by atoms with E-state index < -0.39 is 10.0 Å². The zero-order valence-corrected chi connectivity index (χ0v) is 19.9. The number of hydrogen-bond donors (Lipinski definition) is 1. The van der Waals surface area contributed by atoms with E-state index in [4.69, 9.17) is 11.6 Å². The maximum atomic E-state index is 13.1. The number of hydrazone groups is 1. The molecule has 1 aliphatic rings. The van der Waals surface area contributed by atoms with Crippen LogP contribution in [0.3, 0.4) is 0 Å². The molecule has 1 atom stereocenters. The van der Waals surface area contributed by atoms with Crippen LogP contribution >= 0.6 is 11.6 Å². The van der Waals surface area contributed by atoms with Gasteiger partial charge in [0.25, 0.3) is 15.9 Å². The summed E-state index contributed by atoms with van der Waals surface area (Å²) >= 11 is 6.15. The van der Waals surface area contributed by atoms with E-state index in [-0.39, 0.29) is 23.3 Å². The van der Waals surface area contributed by atoms with Crippen LogP contribution < -0.4 is 4.72 Å². The molecule has 33 heavy (non-hydrogen) atoms. The maximum absolute atomic E-state index is 13.1. The van der Waals surface area contributed by atoms with Crippen LogP contribution in [0.4, 0.5) is 5.69 Å². The highest BCUT2D eigenvalue weighted by atomic mass is 35.5. The van der Waals surface area contributed by atoms with Crippen molar-refractivity contribution in [2.45, 2.75) is 31.7 Å². The number of nitrogens with zero attached hydrogens (tertiary/aromatic N) is 2. The highest BCUT2D eigenvalue weighted by Gasteiger charge is 2.34. The number of hydrogen-bond acceptors (Lipinski definition) is 4. The molecule has 0 fully saturated rings. The van der Waals surface area contributed by atoms with E-state index >= 15 is 0 Å². The minimum atomic E-state index is -3.83. The quantitative estimate of drug-likeness (QED) is 0.514. The summed E-state index contributed by atoms with van der Waals surface area (Å²) in [5.41, 5.74) is 3.67. The molecule has 170 valence electrons. The lowest BCUT2D eigenvalue weighted by Gasteiger charge is -2.18. The Balaban J connectivity index is 1.56. The number of aryl methyl sites for hydroxylation is 1. The summed E-state index contributed by atoms with van der Waals surface area (Å²) in [7, 11) is -3.83. The topological polar surface area (TPSA) is 78.8 Å². The largest absolute Gasteiger partial charge is 0.279 e. The minimum Gasteiger partial charge on any atom is -0.279 e. The number of anilines is 1. The van der Waals surface area contributed by atoms with Gasteiger partial charge >= 0.3 is 0 Å². The Morgan fingerprint density at radius 1 is 1.00 bits per heavy atom. The molecule has 0 radical (unpaired) electrons. The molecule has 0 aromatic heterocycles. The van der Waals surface area contributed by atoms with Crippen molar-refractivity contribution >= 4 is 38.9 Å². The first kappa shape index (κ1) is 23.0. The van der Waals surface area contributed by atoms with Gasteiger partial charge in [-0.3, -0.25) is 9.52 Å². The number of carbonyl (C=O) groups is 1. The van der Waals surface area contributed by atoms with Gasteiger partial charge in [-0.15, -0.1) is 0 Å². The van der Waals surface area contributed by atoms with Gasteiger partial charge in [0, 0.05) is 10.7 Å². The Labute approximate surface area is 198 Å². The standard InChI is InChI=1S/C25H24ClN3O3S/c1-17-8-12-22(13-9-17)33(31,32)28-24-15-21(26)11-10-20(24)16-29-25(30)23(18(2)27-29)14-19-6-4-3-5-7-19/h3-13,15,23,28H,14,16H2,1-2H3. The van der Waals surface area contributed by atoms with Gasteiger partial charge < -0.3 is 0 Å². The van der Waals surface area contributed by atoms with Gasteiger partial charge in [-0.05, 0) is 55.7 Å². The molecule has 0 spiro atoms. The Hall–Kier alpha value is -3.16. The van der Waals surface area contributed by atoms with Crippen molar-refractivity contribution in [3.63, 3.8) is 0 Å². The van der Waals surface area contributed by atoms with Crippen LogP contribution in [0.2, 0.25) is 5.02 Å². The van der Waals surface area contributed by atoms with Gasteiger partial charge in [0.05, 0.1) is 23.0 Å². The lowest BCUT2D eigenvalue weighted by Crippen LogP contribution is -2.28. The zero-order chi connectivity index (χ0) is 23.6. The monoisotopic (exact) mass is 481 g/mol. The number of carbonyl (C=O) groups excluding carboxylic acids is 1. The van der Waals surface area contributed by atoms with Crippen LogP contribution in [0.15, 0.2) is 82.8 Å². The molecule has 0 bridgehead atoms. The molecule has 3 aromatic rings. The Bertz CT molecular complexity index is 1310. The van der Waals surface area contributed by atoms with Gasteiger partial charge in [0.2, 0.25) is 0 Å². The average molecular weight is 482 g/mol. The lowest BCUT2D eigenvalue weighted by molar-refractivity contribution is -0.132. The van der Waals surface area contributed by atoms with Crippen molar-refractivity contribution in [1.29, 1.82) is 0 Å². The number of benzene rings is 3. The normalized spacial score (nSPS) is 16.1. The highest BCUT2D eigenvalue weighted by molar-refractivity contribution is 7.92. The molecule has 1 N–H and O–H groups in total. The van der Waals surface area contributed by atoms with Crippen LogP contribution in [-0.2, 0) is 27.8 Å². The van der Waals surface area contributed by atoms with Crippen LogP contribution in [0.5, 0.6) is 0 Å². The van der Waals surface area contributed by atoms with Crippen LogP contribution in [0.1, 0.15) is 23.6 Å². The summed E-state index contributed by atoms with van der Waals surface area (Å²) in [6.45, 7) is 3.86. The van der Waals surface area contributed by atoms with Gasteiger partial charge in [-0.1, -0.05) is 65.7 Å². The van der Waals surface area contributed by atoms with E-state index in [0.717, 1.165) is 16.8 Å². The first-order valence-corrected chi connectivity index (χ1v) is 12.4.